The van der Waals surface area contributed by atoms with Gasteiger partial charge >= 0.3 is 0 Å². The number of carbonyl (C=O) groups is 1. The number of thiazole rings is 1. The van der Waals surface area contributed by atoms with Gasteiger partial charge in [-0.2, -0.15) is 0 Å². The van der Waals surface area contributed by atoms with Crippen molar-refractivity contribution in [3.8, 4) is 5.75 Å². The van der Waals surface area contributed by atoms with Gasteiger partial charge < -0.3 is 26.2 Å². The van der Waals surface area contributed by atoms with Crippen LogP contribution >= 0.6 is 11.3 Å². The van der Waals surface area contributed by atoms with Crippen LogP contribution in [0.5, 0.6) is 5.75 Å². The standard InChI is InChI=1S/C24H30N4O3S/c1-24(2,21-16-32-23(25)28-21)22(30)27-18-10-8-17(9-11-18)12-13-26-14-19(29)15-31-20-6-4-3-5-7-20/h3-11,16,19,26,29H,12-15H2,1-2H3,(H2,25,28)(H,27,30)/t19-/m0/s1. The van der Waals surface area contributed by atoms with Crippen LogP contribution < -0.4 is 21.1 Å². The van der Waals surface area contributed by atoms with Crippen LogP contribution in [0.3, 0.4) is 0 Å². The zero-order valence-corrected chi connectivity index (χ0v) is 19.2. The smallest absolute Gasteiger partial charge is 0.236 e. The van der Waals surface area contributed by atoms with Crippen LogP contribution in [0.4, 0.5) is 10.8 Å². The van der Waals surface area contributed by atoms with Crippen molar-refractivity contribution in [1.82, 2.24) is 10.3 Å². The van der Waals surface area contributed by atoms with Crippen LogP contribution in [0.2, 0.25) is 0 Å². The third-order valence-electron chi connectivity index (χ3n) is 5.10. The first kappa shape index (κ1) is 23.7. The van der Waals surface area contributed by atoms with Crippen molar-refractivity contribution in [3.05, 3.63) is 71.2 Å². The number of aliphatic hydroxyl groups excluding tert-OH is 1. The number of aromatic nitrogens is 1. The molecule has 3 rings (SSSR count). The summed E-state index contributed by atoms with van der Waals surface area (Å²) in [6, 6.07) is 17.2. The molecule has 3 aromatic rings. The highest BCUT2D eigenvalue weighted by atomic mass is 32.1. The lowest BCUT2D eigenvalue weighted by Crippen LogP contribution is -2.35. The monoisotopic (exact) mass is 454 g/mol. The maximum Gasteiger partial charge on any atom is 0.236 e. The molecule has 0 bridgehead atoms. The molecule has 0 aliphatic rings. The van der Waals surface area contributed by atoms with Gasteiger partial charge in [0, 0.05) is 17.6 Å². The highest BCUT2D eigenvalue weighted by molar-refractivity contribution is 7.13. The minimum Gasteiger partial charge on any atom is -0.491 e. The summed E-state index contributed by atoms with van der Waals surface area (Å²) in [5, 5.41) is 18.5. The van der Waals surface area contributed by atoms with Crippen LogP contribution in [0.1, 0.15) is 25.1 Å². The average Bonchev–Trinajstić information content (AvgIpc) is 3.24. The summed E-state index contributed by atoms with van der Waals surface area (Å²) in [4.78, 5) is 17.0. The number of hydrogen-bond donors (Lipinski definition) is 4. The van der Waals surface area contributed by atoms with E-state index in [4.69, 9.17) is 10.5 Å². The van der Waals surface area contributed by atoms with E-state index in [1.165, 1.54) is 11.3 Å². The number of carbonyl (C=O) groups excluding carboxylic acids is 1. The lowest BCUT2D eigenvalue weighted by Gasteiger charge is -2.21. The van der Waals surface area contributed by atoms with Gasteiger partial charge in [-0.25, -0.2) is 4.98 Å². The highest BCUT2D eigenvalue weighted by Gasteiger charge is 2.32. The van der Waals surface area contributed by atoms with Crippen LogP contribution in [0.25, 0.3) is 0 Å². The fourth-order valence-corrected chi connectivity index (χ4v) is 3.73. The fraction of sp³-hybridized carbons (Fsp3) is 0.333. The third kappa shape index (κ3) is 6.78. The van der Waals surface area contributed by atoms with E-state index >= 15 is 0 Å². The van der Waals surface area contributed by atoms with E-state index in [-0.39, 0.29) is 12.5 Å². The number of benzene rings is 2. The number of amides is 1. The summed E-state index contributed by atoms with van der Waals surface area (Å²) < 4.78 is 5.55. The van der Waals surface area contributed by atoms with Gasteiger partial charge in [0.25, 0.3) is 0 Å². The molecule has 32 heavy (non-hydrogen) atoms. The normalized spacial score (nSPS) is 12.3. The third-order valence-corrected chi connectivity index (χ3v) is 5.77. The second-order valence-electron chi connectivity index (χ2n) is 8.08. The summed E-state index contributed by atoms with van der Waals surface area (Å²) in [6.45, 7) is 5.09. The van der Waals surface area contributed by atoms with E-state index in [1.54, 1.807) is 0 Å². The van der Waals surface area contributed by atoms with Gasteiger partial charge in [-0.05, 0) is 56.6 Å². The van der Waals surface area contributed by atoms with E-state index in [1.807, 2.05) is 73.8 Å². The van der Waals surface area contributed by atoms with Crippen molar-refractivity contribution < 1.29 is 14.6 Å². The fourth-order valence-electron chi connectivity index (χ4n) is 3.00. The first-order valence-corrected chi connectivity index (χ1v) is 11.4. The molecular weight excluding hydrogens is 424 g/mol. The van der Waals surface area contributed by atoms with Gasteiger partial charge in [-0.15, -0.1) is 11.3 Å². The van der Waals surface area contributed by atoms with Crippen LogP contribution in [0.15, 0.2) is 60.0 Å². The Bertz CT molecular complexity index is 990. The highest BCUT2D eigenvalue weighted by Crippen LogP contribution is 2.27. The minimum absolute atomic E-state index is 0.135. The van der Waals surface area contributed by atoms with Gasteiger partial charge in [0.15, 0.2) is 5.13 Å². The summed E-state index contributed by atoms with van der Waals surface area (Å²) in [6.07, 6.45) is 0.230. The summed E-state index contributed by atoms with van der Waals surface area (Å²) in [5.74, 6) is 0.613. The SMILES string of the molecule is CC(C)(C(=O)Nc1ccc(CCNC[C@H](O)COc2ccccc2)cc1)c1csc(N)n1. The first-order chi connectivity index (χ1) is 15.3. The molecule has 0 fully saturated rings. The van der Waals surface area contributed by atoms with Gasteiger partial charge in [0.1, 0.15) is 18.5 Å². The predicted octanol–water partition coefficient (Wildman–Crippen LogP) is 3.21. The van der Waals surface area contributed by atoms with Crippen LogP contribution in [-0.2, 0) is 16.6 Å². The maximum absolute atomic E-state index is 12.7. The number of aliphatic hydroxyl groups is 1. The number of rotatable bonds is 11. The number of hydrogen-bond acceptors (Lipinski definition) is 7. The largest absolute Gasteiger partial charge is 0.491 e. The quantitative estimate of drug-likeness (QED) is 0.331. The molecule has 0 spiro atoms. The number of para-hydroxylation sites is 1. The Morgan fingerprint density at radius 3 is 2.56 bits per heavy atom. The zero-order valence-electron chi connectivity index (χ0n) is 18.4. The molecule has 170 valence electrons. The number of nitrogens with two attached hydrogens (primary N) is 1. The summed E-state index contributed by atoms with van der Waals surface area (Å²) >= 11 is 1.33. The molecule has 1 heterocycles. The van der Waals surface area contributed by atoms with Crippen molar-refractivity contribution >= 4 is 28.1 Å². The van der Waals surface area contributed by atoms with Crippen molar-refractivity contribution in [2.75, 3.05) is 30.7 Å². The van der Waals surface area contributed by atoms with Crippen molar-refractivity contribution in [3.63, 3.8) is 0 Å². The molecule has 0 radical (unpaired) electrons. The second-order valence-corrected chi connectivity index (χ2v) is 8.97. The topological polar surface area (TPSA) is 110 Å². The average molecular weight is 455 g/mol. The van der Waals surface area contributed by atoms with E-state index in [0.29, 0.717) is 17.4 Å². The Hall–Kier alpha value is -2.94. The van der Waals surface area contributed by atoms with Gasteiger partial charge in [-0.3, -0.25) is 4.79 Å². The Labute approximate surface area is 192 Å². The van der Waals surface area contributed by atoms with Crippen molar-refractivity contribution in [2.45, 2.75) is 31.8 Å². The van der Waals surface area contributed by atoms with Crippen molar-refractivity contribution in [1.29, 1.82) is 0 Å². The van der Waals surface area contributed by atoms with E-state index in [9.17, 15) is 9.90 Å². The van der Waals surface area contributed by atoms with Crippen LogP contribution in [0, 0.1) is 0 Å². The lowest BCUT2D eigenvalue weighted by molar-refractivity contribution is -0.120. The Morgan fingerprint density at radius 1 is 1.19 bits per heavy atom. The van der Waals surface area contributed by atoms with Gasteiger partial charge in [-0.1, -0.05) is 30.3 Å². The molecule has 0 aliphatic heterocycles. The van der Waals surface area contributed by atoms with E-state index in [0.717, 1.165) is 30.0 Å². The van der Waals surface area contributed by atoms with Crippen LogP contribution in [-0.4, -0.2) is 41.8 Å². The molecule has 1 amide bonds. The Morgan fingerprint density at radius 2 is 1.91 bits per heavy atom. The second kappa shape index (κ2) is 11.1. The number of nitrogen functional groups attached to an aromatic ring is 1. The molecule has 1 aromatic heterocycles. The van der Waals surface area contributed by atoms with Crippen molar-refractivity contribution in [2.24, 2.45) is 0 Å². The molecule has 7 nitrogen and oxygen atoms in total. The zero-order chi connectivity index (χ0) is 23.0. The number of anilines is 2. The molecule has 5 N–H and O–H groups in total. The molecule has 8 heteroatoms. The number of nitrogens with one attached hydrogen (secondary N) is 2. The van der Waals surface area contributed by atoms with Gasteiger partial charge in [0.2, 0.25) is 5.91 Å². The number of nitrogens with zero attached hydrogens (tertiary/aromatic N) is 1. The van der Waals surface area contributed by atoms with E-state index < -0.39 is 11.5 Å². The summed E-state index contributed by atoms with van der Waals surface area (Å²) in [7, 11) is 0. The first-order valence-electron chi connectivity index (χ1n) is 10.5. The maximum atomic E-state index is 12.7. The lowest BCUT2D eigenvalue weighted by atomic mass is 9.89. The predicted molar refractivity (Wildman–Crippen MR) is 129 cm³/mol. The van der Waals surface area contributed by atoms with Gasteiger partial charge in [0.05, 0.1) is 11.1 Å². The minimum atomic E-state index is -0.776. The molecule has 0 aliphatic carbocycles. The Kier molecular flexibility index (Phi) is 8.21. The molecule has 0 saturated heterocycles. The molecular formula is C24H30N4O3S. The molecule has 1 atom stereocenters. The molecule has 2 aromatic carbocycles. The molecule has 0 unspecified atom stereocenters. The molecule has 0 saturated carbocycles. The Balaban J connectivity index is 1.38. The summed E-state index contributed by atoms with van der Waals surface area (Å²) in [5.41, 5.74) is 7.46. The van der Waals surface area contributed by atoms with E-state index in [2.05, 4.69) is 15.6 Å². The number of ether oxygens (including phenoxy) is 1.